The van der Waals surface area contributed by atoms with Crippen LogP contribution >= 0.6 is 0 Å². The molecule has 5 N–H and O–H groups in total. The van der Waals surface area contributed by atoms with Crippen molar-refractivity contribution in [3.8, 4) is 0 Å². The molecule has 0 radical (unpaired) electrons. The van der Waals surface area contributed by atoms with E-state index in [-0.39, 0.29) is 11.6 Å². The summed E-state index contributed by atoms with van der Waals surface area (Å²) in [4.78, 5) is 51.7. The Labute approximate surface area is 227 Å². The number of nitrogens with one attached hydrogen (secondary N) is 3. The lowest BCUT2D eigenvalue weighted by atomic mass is 9.86. The summed E-state index contributed by atoms with van der Waals surface area (Å²) in [5, 5.41) is 28.7. The van der Waals surface area contributed by atoms with E-state index in [0.717, 1.165) is 25.7 Å². The Morgan fingerprint density at radius 1 is 0.868 bits per heavy atom. The third-order valence-corrected chi connectivity index (χ3v) is 7.23. The number of aliphatic hydroxyl groups excluding tert-OH is 2. The second-order valence-corrected chi connectivity index (χ2v) is 10.9. The van der Waals surface area contributed by atoms with Crippen molar-refractivity contribution >= 4 is 23.7 Å². The fraction of sp³-hybridized carbons (Fsp3) is 0.786. The highest BCUT2D eigenvalue weighted by atomic mass is 16.5. The van der Waals surface area contributed by atoms with E-state index in [0.29, 0.717) is 6.42 Å². The Morgan fingerprint density at radius 2 is 1.42 bits per heavy atom. The number of hydrogen-bond acceptors (Lipinski definition) is 7. The first-order valence-electron chi connectivity index (χ1n) is 14.0. The molecular weight excluding hydrogens is 490 g/mol. The molecule has 0 aromatic rings. The highest BCUT2D eigenvalue weighted by Crippen LogP contribution is 2.25. The number of rotatable bonds is 10. The van der Waals surface area contributed by atoms with Crippen molar-refractivity contribution in [2.75, 3.05) is 0 Å². The molecule has 7 atom stereocenters. The highest BCUT2D eigenvalue weighted by Gasteiger charge is 2.38. The van der Waals surface area contributed by atoms with Gasteiger partial charge in [0.1, 0.15) is 23.9 Å². The van der Waals surface area contributed by atoms with Crippen LogP contribution in [0, 0.1) is 17.8 Å². The number of esters is 1. The number of unbranched alkanes of at least 4 members (excludes halogenated alkanes) is 6. The van der Waals surface area contributed by atoms with E-state index >= 15 is 0 Å². The van der Waals surface area contributed by atoms with Crippen molar-refractivity contribution < 1.29 is 34.1 Å². The van der Waals surface area contributed by atoms with E-state index in [2.05, 4.69) is 29.5 Å². The number of aliphatic hydroxyl groups is 2. The van der Waals surface area contributed by atoms with Crippen molar-refractivity contribution in [3.63, 3.8) is 0 Å². The number of cyclic esters (lactones) is 1. The summed E-state index contributed by atoms with van der Waals surface area (Å²) >= 11 is 0. The van der Waals surface area contributed by atoms with Crippen molar-refractivity contribution in [2.45, 2.75) is 123 Å². The molecule has 0 aliphatic carbocycles. The monoisotopic (exact) mass is 539 g/mol. The molecule has 1 aliphatic heterocycles. The highest BCUT2D eigenvalue weighted by molar-refractivity contribution is 5.97. The fourth-order valence-electron chi connectivity index (χ4n) is 4.52. The molecule has 38 heavy (non-hydrogen) atoms. The minimum absolute atomic E-state index is 0.348. The lowest BCUT2D eigenvalue weighted by molar-refractivity contribution is -0.152. The maximum Gasteiger partial charge on any atom is 0.354 e. The maximum absolute atomic E-state index is 13.1. The van der Waals surface area contributed by atoms with Crippen molar-refractivity contribution in [1.82, 2.24) is 16.0 Å². The second kappa shape index (κ2) is 16.5. The van der Waals surface area contributed by atoms with Gasteiger partial charge in [-0.3, -0.25) is 14.4 Å². The summed E-state index contributed by atoms with van der Waals surface area (Å²) in [5.74, 6) is -4.81. The van der Waals surface area contributed by atoms with E-state index in [9.17, 15) is 29.4 Å². The molecule has 0 spiro atoms. The SMILES string of the molecule is C=C1NC(=O)C(C(C)O)NC(=O)C(C(C)C)NC(=O)C(C)C(O)C(C)C(CCCCCCCCC)OC1=O. The lowest BCUT2D eigenvalue weighted by Crippen LogP contribution is -2.59. The van der Waals surface area contributed by atoms with Crippen LogP contribution in [0.3, 0.4) is 0 Å². The Bertz CT molecular complexity index is 814. The van der Waals surface area contributed by atoms with E-state index < -0.39 is 65.9 Å². The van der Waals surface area contributed by atoms with Gasteiger partial charge in [0.25, 0.3) is 0 Å². The minimum atomic E-state index is -1.40. The van der Waals surface area contributed by atoms with Crippen LogP contribution in [0.4, 0.5) is 0 Å². The summed E-state index contributed by atoms with van der Waals surface area (Å²) in [6, 6.07) is -2.42. The van der Waals surface area contributed by atoms with E-state index in [1.165, 1.54) is 26.2 Å². The molecule has 1 saturated heterocycles. The van der Waals surface area contributed by atoms with Crippen molar-refractivity contribution in [2.24, 2.45) is 17.8 Å². The molecule has 0 saturated carbocycles. The topological polar surface area (TPSA) is 154 Å². The molecule has 1 heterocycles. The normalized spacial score (nSPS) is 29.0. The van der Waals surface area contributed by atoms with Gasteiger partial charge < -0.3 is 30.9 Å². The number of carbonyl (C=O) groups excluding carboxylic acids is 4. The Morgan fingerprint density at radius 3 is 1.97 bits per heavy atom. The number of hydrogen-bond donors (Lipinski definition) is 5. The lowest BCUT2D eigenvalue weighted by Gasteiger charge is -2.32. The summed E-state index contributed by atoms with van der Waals surface area (Å²) in [5.41, 5.74) is -0.348. The number of carbonyl (C=O) groups is 4. The molecule has 3 amide bonds. The molecule has 0 bridgehead atoms. The van der Waals surface area contributed by atoms with Crippen LogP contribution < -0.4 is 16.0 Å². The predicted molar refractivity (Wildman–Crippen MR) is 144 cm³/mol. The maximum atomic E-state index is 13.1. The van der Waals surface area contributed by atoms with Crippen LogP contribution in [0.5, 0.6) is 0 Å². The molecule has 10 heteroatoms. The van der Waals surface area contributed by atoms with Crippen LogP contribution in [-0.2, 0) is 23.9 Å². The predicted octanol–water partition coefficient (Wildman–Crippen LogP) is 2.32. The van der Waals surface area contributed by atoms with Crippen LogP contribution in [0.25, 0.3) is 0 Å². The largest absolute Gasteiger partial charge is 0.457 e. The van der Waals surface area contributed by atoms with Gasteiger partial charge in [0.2, 0.25) is 17.7 Å². The molecule has 1 fully saturated rings. The first-order chi connectivity index (χ1) is 17.8. The summed E-state index contributed by atoms with van der Waals surface area (Å²) < 4.78 is 5.68. The zero-order valence-corrected chi connectivity index (χ0v) is 23.9. The first kappa shape index (κ1) is 33.6. The van der Waals surface area contributed by atoms with Gasteiger partial charge in [-0.15, -0.1) is 0 Å². The van der Waals surface area contributed by atoms with Gasteiger partial charge in [0.05, 0.1) is 18.1 Å². The molecule has 1 aliphatic rings. The smallest absolute Gasteiger partial charge is 0.354 e. The Kier molecular flexibility index (Phi) is 14.6. The minimum Gasteiger partial charge on any atom is -0.457 e. The first-order valence-corrected chi connectivity index (χ1v) is 14.0. The summed E-state index contributed by atoms with van der Waals surface area (Å²) in [6.45, 7) is 13.8. The van der Waals surface area contributed by atoms with Gasteiger partial charge in [0.15, 0.2) is 0 Å². The number of ether oxygens (including phenoxy) is 1. The molecule has 0 aromatic heterocycles. The standard InChI is InChI=1S/C28H49N3O7/c1-8-9-10-11-12-13-14-15-21-17(4)24(33)18(5)25(34)30-22(16(2)3)26(35)31-23(20(7)32)27(36)29-19(6)28(37)38-21/h16-18,20-24,32-33H,6,8-15H2,1-5,7H3,(H,29,36)(H,30,34)(H,31,35). The molecule has 1 rings (SSSR count). The van der Waals surface area contributed by atoms with Gasteiger partial charge in [0, 0.05) is 5.92 Å². The van der Waals surface area contributed by atoms with E-state index in [1.807, 2.05) is 0 Å². The Balaban J connectivity index is 3.21. The molecular formula is C28H49N3O7. The van der Waals surface area contributed by atoms with Gasteiger partial charge in [-0.2, -0.15) is 0 Å². The van der Waals surface area contributed by atoms with Gasteiger partial charge in [-0.25, -0.2) is 4.79 Å². The average molecular weight is 540 g/mol. The number of amides is 3. The quantitative estimate of drug-likeness (QED) is 0.162. The van der Waals surface area contributed by atoms with Crippen molar-refractivity contribution in [3.05, 3.63) is 12.3 Å². The average Bonchev–Trinajstić information content (AvgIpc) is 2.86. The van der Waals surface area contributed by atoms with Crippen LogP contribution in [0.2, 0.25) is 0 Å². The second-order valence-electron chi connectivity index (χ2n) is 10.9. The summed E-state index contributed by atoms with van der Waals surface area (Å²) in [6.07, 6.45) is 4.71. The van der Waals surface area contributed by atoms with Crippen LogP contribution in [0.1, 0.15) is 92.9 Å². The Hall–Kier alpha value is -2.46. The van der Waals surface area contributed by atoms with Gasteiger partial charge in [-0.05, 0) is 25.7 Å². The zero-order chi connectivity index (χ0) is 29.0. The molecule has 7 unspecified atom stereocenters. The van der Waals surface area contributed by atoms with Crippen LogP contribution in [0.15, 0.2) is 12.3 Å². The van der Waals surface area contributed by atoms with Crippen molar-refractivity contribution in [1.29, 1.82) is 0 Å². The van der Waals surface area contributed by atoms with Gasteiger partial charge >= 0.3 is 5.97 Å². The third kappa shape index (κ3) is 10.4. The molecule has 0 aromatic carbocycles. The fourth-order valence-corrected chi connectivity index (χ4v) is 4.52. The third-order valence-electron chi connectivity index (χ3n) is 7.23. The molecule has 10 nitrogen and oxygen atoms in total. The van der Waals surface area contributed by atoms with Gasteiger partial charge in [-0.1, -0.05) is 79.7 Å². The summed E-state index contributed by atoms with van der Waals surface area (Å²) in [7, 11) is 0. The van der Waals surface area contributed by atoms with E-state index in [1.54, 1.807) is 27.7 Å². The zero-order valence-electron chi connectivity index (χ0n) is 23.9. The molecule has 218 valence electrons. The van der Waals surface area contributed by atoms with Crippen LogP contribution in [-0.4, -0.2) is 64.3 Å². The van der Waals surface area contributed by atoms with E-state index in [4.69, 9.17) is 4.74 Å².